The van der Waals surface area contributed by atoms with Crippen molar-refractivity contribution in [3.63, 3.8) is 0 Å². The first-order valence-electron chi connectivity index (χ1n) is 11.8. The van der Waals surface area contributed by atoms with Crippen molar-refractivity contribution in [2.24, 2.45) is 0 Å². The number of hydrogen-bond acceptors (Lipinski definition) is 7. The SMILES string of the molecule is CC(=O)CC1CC(C=Cc2c(-c3ccc(F)cc3)nc(N(C)S(C)(=O)=O)nc2C(C)C)OC(C)(C)O1. The van der Waals surface area contributed by atoms with Gasteiger partial charge in [-0.05, 0) is 51.0 Å². The normalized spacial score (nSPS) is 20.1. The molecular weight excluding hydrogens is 485 g/mol. The molecule has 1 aromatic carbocycles. The lowest BCUT2D eigenvalue weighted by Crippen LogP contribution is -2.44. The number of rotatable bonds is 8. The summed E-state index contributed by atoms with van der Waals surface area (Å²) < 4.78 is 51.1. The zero-order chi connectivity index (χ0) is 26.8. The maximum absolute atomic E-state index is 13.7. The molecule has 2 atom stereocenters. The largest absolute Gasteiger partial charge is 0.347 e. The molecule has 2 heterocycles. The Kier molecular flexibility index (Phi) is 8.32. The fraction of sp³-hybridized carbons (Fsp3) is 0.500. The molecular formula is C26H34FN3O5S. The summed E-state index contributed by atoms with van der Waals surface area (Å²) in [5.41, 5.74) is 2.41. The Hall–Kier alpha value is -2.69. The van der Waals surface area contributed by atoms with Crippen LogP contribution in [0.5, 0.6) is 0 Å². The van der Waals surface area contributed by atoms with Gasteiger partial charge in [0, 0.05) is 31.0 Å². The van der Waals surface area contributed by atoms with Crippen LogP contribution >= 0.6 is 0 Å². The van der Waals surface area contributed by atoms with Gasteiger partial charge in [0.2, 0.25) is 16.0 Å². The lowest BCUT2D eigenvalue weighted by Gasteiger charge is -2.39. The van der Waals surface area contributed by atoms with Gasteiger partial charge in [-0.3, -0.25) is 4.79 Å². The van der Waals surface area contributed by atoms with Gasteiger partial charge in [0.15, 0.2) is 5.79 Å². The molecule has 1 saturated heterocycles. The number of ketones is 1. The van der Waals surface area contributed by atoms with E-state index < -0.39 is 21.6 Å². The Morgan fingerprint density at radius 2 is 1.86 bits per heavy atom. The van der Waals surface area contributed by atoms with Crippen LogP contribution in [-0.2, 0) is 24.3 Å². The lowest BCUT2D eigenvalue weighted by molar-refractivity contribution is -0.289. The molecule has 0 saturated carbocycles. The van der Waals surface area contributed by atoms with E-state index in [-0.39, 0.29) is 29.9 Å². The monoisotopic (exact) mass is 519 g/mol. The third kappa shape index (κ3) is 6.96. The molecule has 0 bridgehead atoms. The van der Waals surface area contributed by atoms with Crippen molar-refractivity contribution in [3.05, 3.63) is 47.4 Å². The number of hydrogen-bond donors (Lipinski definition) is 0. The van der Waals surface area contributed by atoms with Crippen molar-refractivity contribution in [1.29, 1.82) is 0 Å². The molecule has 3 rings (SSSR count). The third-order valence-electron chi connectivity index (χ3n) is 5.78. The number of carbonyl (C=O) groups is 1. The summed E-state index contributed by atoms with van der Waals surface area (Å²) in [4.78, 5) is 20.9. The highest BCUT2D eigenvalue weighted by atomic mass is 32.2. The van der Waals surface area contributed by atoms with E-state index in [4.69, 9.17) is 9.47 Å². The average Bonchev–Trinajstić information content (AvgIpc) is 2.75. The molecule has 2 aromatic rings. The van der Waals surface area contributed by atoms with Crippen LogP contribution in [0.4, 0.5) is 10.3 Å². The number of carbonyl (C=O) groups excluding carboxylic acids is 1. The summed E-state index contributed by atoms with van der Waals surface area (Å²) >= 11 is 0. The Balaban J connectivity index is 2.13. The number of anilines is 1. The molecule has 1 aromatic heterocycles. The first-order valence-corrected chi connectivity index (χ1v) is 13.7. The quantitative estimate of drug-likeness (QED) is 0.498. The van der Waals surface area contributed by atoms with Gasteiger partial charge < -0.3 is 9.47 Å². The predicted molar refractivity (Wildman–Crippen MR) is 138 cm³/mol. The smallest absolute Gasteiger partial charge is 0.239 e. The Morgan fingerprint density at radius 1 is 1.22 bits per heavy atom. The molecule has 1 aliphatic rings. The van der Waals surface area contributed by atoms with E-state index in [0.29, 0.717) is 35.4 Å². The highest BCUT2D eigenvalue weighted by molar-refractivity contribution is 7.92. The number of benzene rings is 1. The number of nitrogens with zero attached hydrogens (tertiary/aromatic N) is 3. The van der Waals surface area contributed by atoms with Crippen LogP contribution in [0.2, 0.25) is 0 Å². The summed E-state index contributed by atoms with van der Waals surface area (Å²) in [6.07, 6.45) is 5.01. The van der Waals surface area contributed by atoms with Gasteiger partial charge in [0.05, 0.1) is 29.9 Å². The molecule has 0 spiro atoms. The van der Waals surface area contributed by atoms with E-state index in [0.717, 1.165) is 10.6 Å². The molecule has 2 unspecified atom stereocenters. The molecule has 0 aliphatic carbocycles. The van der Waals surface area contributed by atoms with Crippen molar-refractivity contribution in [2.45, 2.75) is 71.4 Å². The fourth-order valence-electron chi connectivity index (χ4n) is 4.11. The minimum atomic E-state index is -3.61. The summed E-state index contributed by atoms with van der Waals surface area (Å²) in [6.45, 7) is 9.06. The number of sulfonamides is 1. The van der Waals surface area contributed by atoms with Crippen LogP contribution in [0.15, 0.2) is 30.3 Å². The zero-order valence-electron chi connectivity index (χ0n) is 21.8. The molecule has 8 nitrogen and oxygen atoms in total. The second kappa shape index (κ2) is 10.7. The maximum atomic E-state index is 13.7. The molecule has 0 amide bonds. The van der Waals surface area contributed by atoms with Crippen LogP contribution in [-0.4, -0.2) is 55.5 Å². The summed E-state index contributed by atoms with van der Waals surface area (Å²) in [6, 6.07) is 5.85. The van der Waals surface area contributed by atoms with Gasteiger partial charge >= 0.3 is 0 Å². The molecule has 1 aliphatic heterocycles. The van der Waals surface area contributed by atoms with Gasteiger partial charge in [-0.1, -0.05) is 26.0 Å². The van der Waals surface area contributed by atoms with Gasteiger partial charge in [-0.2, -0.15) is 0 Å². The van der Waals surface area contributed by atoms with Gasteiger partial charge in [0.1, 0.15) is 11.6 Å². The van der Waals surface area contributed by atoms with E-state index in [9.17, 15) is 17.6 Å². The molecule has 0 N–H and O–H groups in total. The maximum Gasteiger partial charge on any atom is 0.239 e. The Labute approximate surface area is 212 Å². The number of aromatic nitrogens is 2. The predicted octanol–water partition coefficient (Wildman–Crippen LogP) is 4.70. The van der Waals surface area contributed by atoms with Crippen LogP contribution in [0.3, 0.4) is 0 Å². The summed E-state index contributed by atoms with van der Waals surface area (Å²) in [5.74, 6) is -1.26. The van der Waals surface area contributed by atoms with Crippen molar-refractivity contribution in [1.82, 2.24) is 9.97 Å². The Bertz CT molecular complexity index is 1240. The first-order chi connectivity index (χ1) is 16.7. The molecule has 196 valence electrons. The third-order valence-corrected chi connectivity index (χ3v) is 6.94. The fourth-order valence-corrected chi connectivity index (χ4v) is 4.49. The minimum absolute atomic E-state index is 0.0302. The number of Topliss-reactive ketones (excluding diaryl/α,β-unsaturated/α-hetero) is 1. The van der Waals surface area contributed by atoms with Gasteiger partial charge in [0.25, 0.3) is 0 Å². The van der Waals surface area contributed by atoms with Gasteiger partial charge in [-0.25, -0.2) is 27.1 Å². The van der Waals surface area contributed by atoms with Crippen molar-refractivity contribution >= 4 is 27.8 Å². The topological polar surface area (TPSA) is 98.7 Å². The Morgan fingerprint density at radius 3 is 2.42 bits per heavy atom. The number of halogens is 1. The van der Waals surface area contributed by atoms with Gasteiger partial charge in [-0.15, -0.1) is 0 Å². The van der Waals surface area contributed by atoms with E-state index in [1.807, 2.05) is 39.8 Å². The second-order valence-electron chi connectivity index (χ2n) is 9.86. The van der Waals surface area contributed by atoms with Crippen LogP contribution in [0.25, 0.3) is 17.3 Å². The first kappa shape index (κ1) is 27.9. The van der Waals surface area contributed by atoms with Crippen molar-refractivity contribution < 1.29 is 27.1 Å². The van der Waals surface area contributed by atoms with Crippen molar-refractivity contribution in [2.75, 3.05) is 17.6 Å². The molecule has 0 radical (unpaired) electrons. The second-order valence-corrected chi connectivity index (χ2v) is 11.9. The number of ether oxygens (including phenoxy) is 2. The zero-order valence-corrected chi connectivity index (χ0v) is 22.6. The highest BCUT2D eigenvalue weighted by Gasteiger charge is 2.35. The molecule has 1 fully saturated rings. The highest BCUT2D eigenvalue weighted by Crippen LogP contribution is 2.33. The van der Waals surface area contributed by atoms with E-state index >= 15 is 0 Å². The van der Waals surface area contributed by atoms with E-state index in [1.54, 1.807) is 12.1 Å². The van der Waals surface area contributed by atoms with Crippen molar-refractivity contribution in [3.8, 4) is 11.3 Å². The lowest BCUT2D eigenvalue weighted by atomic mass is 9.96. The summed E-state index contributed by atoms with van der Waals surface area (Å²) in [7, 11) is -2.21. The standard InChI is InChI=1S/C26H34FN3O5S/c1-16(2)23-22(13-12-20-15-21(14-17(3)31)35-26(4,5)34-20)24(18-8-10-19(27)11-9-18)29-25(28-23)30(6)36(7,32)33/h8-13,16,20-21H,14-15H2,1-7H3. The average molecular weight is 520 g/mol. The molecule has 10 heteroatoms. The van der Waals surface area contributed by atoms with E-state index in [1.165, 1.54) is 26.1 Å². The minimum Gasteiger partial charge on any atom is -0.347 e. The molecule has 36 heavy (non-hydrogen) atoms. The summed E-state index contributed by atoms with van der Waals surface area (Å²) in [5, 5.41) is 0. The van der Waals surface area contributed by atoms with Crippen LogP contribution in [0.1, 0.15) is 64.6 Å². The van der Waals surface area contributed by atoms with Crippen LogP contribution < -0.4 is 4.31 Å². The van der Waals surface area contributed by atoms with Crippen LogP contribution in [0, 0.1) is 5.82 Å². The van der Waals surface area contributed by atoms with E-state index in [2.05, 4.69) is 9.97 Å².